The zero-order valence-corrected chi connectivity index (χ0v) is 24.1. The number of sulfonamides is 1. The number of hydrogen-bond acceptors (Lipinski definition) is 6. The molecule has 4 aromatic rings. The van der Waals surface area contributed by atoms with Gasteiger partial charge in [-0.1, -0.05) is 88.4 Å². The van der Waals surface area contributed by atoms with Crippen LogP contribution in [0.15, 0.2) is 77.7 Å². The van der Waals surface area contributed by atoms with Crippen molar-refractivity contribution in [3.8, 4) is 27.4 Å². The van der Waals surface area contributed by atoms with Crippen molar-refractivity contribution in [3.05, 3.63) is 78.4 Å². The number of benzene rings is 3. The molecule has 1 aromatic heterocycles. The van der Waals surface area contributed by atoms with E-state index in [1.807, 2.05) is 42.5 Å². The third-order valence-electron chi connectivity index (χ3n) is 6.07. The molecule has 38 heavy (non-hydrogen) atoms. The molecule has 0 saturated heterocycles. The van der Waals surface area contributed by atoms with Gasteiger partial charge >= 0.3 is 0 Å². The summed E-state index contributed by atoms with van der Waals surface area (Å²) in [5, 5.41) is 0.287. The number of nitrogens with one attached hydrogen (secondary N) is 1. The minimum Gasteiger partial charge on any atom is -0.494 e. The van der Waals surface area contributed by atoms with Crippen molar-refractivity contribution in [2.24, 2.45) is 5.41 Å². The molecule has 0 saturated carbocycles. The van der Waals surface area contributed by atoms with E-state index >= 15 is 0 Å². The largest absolute Gasteiger partial charge is 0.494 e. The highest BCUT2D eigenvalue weighted by molar-refractivity contribution is 7.93. The van der Waals surface area contributed by atoms with E-state index in [1.165, 1.54) is 23.5 Å². The Morgan fingerprint density at radius 3 is 2.45 bits per heavy atom. The zero-order chi connectivity index (χ0) is 27.5. The molecule has 0 aliphatic rings. The fourth-order valence-electron chi connectivity index (χ4n) is 4.02. The molecule has 0 radical (unpaired) electrons. The number of ether oxygens (including phenoxy) is 1. The van der Waals surface area contributed by atoms with Gasteiger partial charge in [0.2, 0.25) is 0 Å². The van der Waals surface area contributed by atoms with Crippen LogP contribution in [0.2, 0.25) is 0 Å². The molecular weight excluding hydrogens is 514 g/mol. The molecule has 0 amide bonds. The Hall–Kier alpha value is -3.36. The van der Waals surface area contributed by atoms with E-state index in [4.69, 9.17) is 15.5 Å². The number of aromatic nitrogens is 1. The lowest BCUT2D eigenvalue weighted by Crippen LogP contribution is -2.13. The molecule has 0 fully saturated rings. The summed E-state index contributed by atoms with van der Waals surface area (Å²) >= 11 is 1.30. The van der Waals surface area contributed by atoms with Crippen LogP contribution in [-0.4, -0.2) is 20.0 Å². The highest BCUT2D eigenvalue weighted by atomic mass is 32.2. The van der Waals surface area contributed by atoms with Gasteiger partial charge in [-0.2, -0.15) is 0 Å². The summed E-state index contributed by atoms with van der Waals surface area (Å²) in [7, 11) is -3.87. The van der Waals surface area contributed by atoms with Crippen LogP contribution in [0.1, 0.15) is 52.5 Å². The maximum absolute atomic E-state index is 13.2. The van der Waals surface area contributed by atoms with E-state index in [9.17, 15) is 8.42 Å². The molecule has 8 heteroatoms. The molecule has 0 aliphatic heterocycles. The van der Waals surface area contributed by atoms with Gasteiger partial charge in [0.15, 0.2) is 5.13 Å². The summed E-state index contributed by atoms with van der Waals surface area (Å²) in [4.78, 5) is 5.77. The quantitative estimate of drug-likeness (QED) is 0.208. The first-order chi connectivity index (χ1) is 17.9. The van der Waals surface area contributed by atoms with Gasteiger partial charge in [0.05, 0.1) is 22.1 Å². The number of nitrogens with two attached hydrogens (primary N) is 1. The van der Waals surface area contributed by atoms with Crippen LogP contribution in [0, 0.1) is 5.41 Å². The van der Waals surface area contributed by atoms with Gasteiger partial charge in [-0.15, -0.1) is 0 Å². The van der Waals surface area contributed by atoms with Crippen molar-refractivity contribution >= 4 is 32.2 Å². The topological polar surface area (TPSA) is 94.3 Å². The third-order valence-corrected chi connectivity index (χ3v) is 8.56. The first kappa shape index (κ1) is 27.7. The van der Waals surface area contributed by atoms with Gasteiger partial charge < -0.3 is 10.5 Å². The Kier molecular flexibility index (Phi) is 8.13. The summed E-state index contributed by atoms with van der Waals surface area (Å²) in [6.07, 6.45) is 0.931. The number of nitrogen functional groups attached to an aromatic ring is 1. The highest BCUT2D eigenvalue weighted by Crippen LogP contribution is 2.42. The monoisotopic (exact) mass is 549 g/mol. The van der Waals surface area contributed by atoms with Gasteiger partial charge in [-0.05, 0) is 59.2 Å². The van der Waals surface area contributed by atoms with Crippen molar-refractivity contribution in [2.75, 3.05) is 17.1 Å². The van der Waals surface area contributed by atoms with Gasteiger partial charge in [-0.3, -0.25) is 4.72 Å². The van der Waals surface area contributed by atoms with Crippen molar-refractivity contribution < 1.29 is 13.2 Å². The molecule has 0 spiro atoms. The summed E-state index contributed by atoms with van der Waals surface area (Å²) < 4.78 is 35.0. The maximum atomic E-state index is 13.2. The summed E-state index contributed by atoms with van der Waals surface area (Å²) in [6, 6.07) is 22.2. The second kappa shape index (κ2) is 11.2. The number of hydrogen-bond donors (Lipinski definition) is 2. The molecule has 3 aromatic carbocycles. The summed E-state index contributed by atoms with van der Waals surface area (Å²) in [5.74, 6) is 1.03. The normalized spacial score (nSPS) is 12.1. The van der Waals surface area contributed by atoms with Crippen molar-refractivity contribution in [3.63, 3.8) is 0 Å². The summed E-state index contributed by atoms with van der Waals surface area (Å²) in [5.41, 5.74) is 10.1. The van der Waals surface area contributed by atoms with E-state index in [0.29, 0.717) is 12.3 Å². The standard InChI is InChI=1S/C30H35N3O3S2/c1-20(2)25-14-6-7-15-26(25)27-28(21-10-8-12-23(18-21)36-17-16-30(3,4)5)37-29(32-27)33-38(34,35)24-13-9-11-22(31)19-24/h6-15,18-20H,16-17,31H2,1-5H3,(H,32,33). The molecule has 1 heterocycles. The van der Waals surface area contributed by atoms with Gasteiger partial charge in [0.1, 0.15) is 5.75 Å². The Balaban J connectivity index is 1.77. The van der Waals surface area contributed by atoms with Gasteiger partial charge in [0.25, 0.3) is 10.0 Å². The van der Waals surface area contributed by atoms with Crippen molar-refractivity contribution in [1.82, 2.24) is 4.98 Å². The molecule has 3 N–H and O–H groups in total. The lowest BCUT2D eigenvalue weighted by molar-refractivity contribution is 0.243. The lowest BCUT2D eigenvalue weighted by Gasteiger charge is -2.18. The average molecular weight is 550 g/mol. The molecule has 4 rings (SSSR count). The van der Waals surface area contributed by atoms with Crippen LogP contribution < -0.4 is 15.2 Å². The predicted molar refractivity (Wildman–Crippen MR) is 158 cm³/mol. The van der Waals surface area contributed by atoms with Crippen molar-refractivity contribution in [2.45, 2.75) is 51.9 Å². The molecule has 0 atom stereocenters. The fourth-order valence-corrected chi connectivity index (χ4v) is 6.28. The number of nitrogens with zero attached hydrogens (tertiary/aromatic N) is 1. The summed E-state index contributed by atoms with van der Waals surface area (Å²) in [6.45, 7) is 11.5. The molecule has 200 valence electrons. The SMILES string of the molecule is CC(C)c1ccccc1-c1nc(NS(=O)(=O)c2cccc(N)c2)sc1-c1cccc(OCCC(C)(C)C)c1. The van der Waals surface area contributed by atoms with Gasteiger partial charge in [0, 0.05) is 11.3 Å². The zero-order valence-electron chi connectivity index (χ0n) is 22.5. The number of rotatable bonds is 9. The first-order valence-electron chi connectivity index (χ1n) is 12.6. The van der Waals surface area contributed by atoms with E-state index in [1.54, 1.807) is 12.1 Å². The Bertz CT molecular complexity index is 1520. The average Bonchev–Trinajstić information content (AvgIpc) is 3.26. The second-order valence-electron chi connectivity index (χ2n) is 10.8. The minimum atomic E-state index is -3.87. The molecule has 0 bridgehead atoms. The van der Waals surface area contributed by atoms with Crippen LogP contribution in [0.4, 0.5) is 10.8 Å². The first-order valence-corrected chi connectivity index (χ1v) is 14.9. The molecule has 6 nitrogen and oxygen atoms in total. The lowest BCUT2D eigenvalue weighted by atomic mass is 9.93. The number of anilines is 2. The molecule has 0 unspecified atom stereocenters. The number of thiazole rings is 1. The van der Waals surface area contributed by atoms with Crippen molar-refractivity contribution in [1.29, 1.82) is 0 Å². The second-order valence-corrected chi connectivity index (χ2v) is 13.5. The smallest absolute Gasteiger partial charge is 0.263 e. The Morgan fingerprint density at radius 2 is 1.74 bits per heavy atom. The van der Waals surface area contributed by atoms with E-state index in [2.05, 4.69) is 45.4 Å². The Labute approximate surface area is 230 Å². The Morgan fingerprint density at radius 1 is 1.00 bits per heavy atom. The third kappa shape index (κ3) is 6.74. The fraction of sp³-hybridized carbons (Fsp3) is 0.300. The van der Waals surface area contributed by atoms with E-state index in [0.717, 1.165) is 39.4 Å². The van der Waals surface area contributed by atoms with Crippen LogP contribution >= 0.6 is 11.3 Å². The van der Waals surface area contributed by atoms with Crippen LogP contribution in [0.5, 0.6) is 5.75 Å². The van der Waals surface area contributed by atoms with E-state index < -0.39 is 10.0 Å². The van der Waals surface area contributed by atoms with Gasteiger partial charge in [-0.25, -0.2) is 13.4 Å². The predicted octanol–water partition coefficient (Wildman–Crippen LogP) is 7.80. The highest BCUT2D eigenvalue weighted by Gasteiger charge is 2.22. The van der Waals surface area contributed by atoms with Crippen LogP contribution in [0.3, 0.4) is 0 Å². The van der Waals surface area contributed by atoms with Crippen LogP contribution in [-0.2, 0) is 10.0 Å². The molecular formula is C30H35N3O3S2. The van der Waals surface area contributed by atoms with Crippen LogP contribution in [0.25, 0.3) is 21.7 Å². The maximum Gasteiger partial charge on any atom is 0.263 e. The minimum absolute atomic E-state index is 0.0904. The van der Waals surface area contributed by atoms with E-state index in [-0.39, 0.29) is 21.4 Å². The molecule has 0 aliphatic carbocycles.